The summed E-state index contributed by atoms with van der Waals surface area (Å²) in [6.07, 6.45) is -0.227. The summed E-state index contributed by atoms with van der Waals surface area (Å²) >= 11 is 6.63. The smallest absolute Gasteiger partial charge is 0.180 e. The lowest BCUT2D eigenvalue weighted by atomic mass is 9.74. The maximum atomic E-state index is 13.5. The molecular formula is C24H40Br2O7. The molecule has 0 heterocycles. The third-order valence-corrected chi connectivity index (χ3v) is 8.86. The van der Waals surface area contributed by atoms with Gasteiger partial charge in [-0.2, -0.15) is 0 Å². The molecule has 0 amide bonds. The highest BCUT2D eigenvalue weighted by Crippen LogP contribution is 2.36. The normalized spacial score (nSPS) is 42.3. The third-order valence-electron chi connectivity index (χ3n) is 6.96. The minimum Gasteiger partial charge on any atom is -0.391 e. The van der Waals surface area contributed by atoms with Crippen LogP contribution in [0.4, 0.5) is 0 Å². The summed E-state index contributed by atoms with van der Waals surface area (Å²) in [5.74, 6) is -3.56. The standard InChI is InChI=1S/C24H40Br2O7/c1-7-9-10-33-20-13(3)12-23(5,31)21(29)17(25)19(28)14(4)16(27)11-15(8-2)24(6,32)22(30)18(20)26/h13-15,17-20,28,31-32H,7-12H2,1-6H3/t13-,14+,15+,17+,18+,19+,20+,23-,24-/m1/s1. The Balaban J connectivity index is 3.51. The molecule has 0 spiro atoms. The molecule has 1 rings (SSSR count). The molecule has 3 N–H and O–H groups in total. The van der Waals surface area contributed by atoms with Gasteiger partial charge in [0.2, 0.25) is 0 Å². The fraction of sp³-hybridized carbons (Fsp3) is 0.875. The Bertz CT molecular complexity index is 694. The van der Waals surface area contributed by atoms with E-state index in [0.717, 1.165) is 12.8 Å². The van der Waals surface area contributed by atoms with Crippen LogP contribution in [-0.4, -0.2) is 72.3 Å². The molecule has 0 unspecified atom stereocenters. The van der Waals surface area contributed by atoms with E-state index in [4.69, 9.17) is 4.74 Å². The zero-order chi connectivity index (χ0) is 25.7. The lowest BCUT2D eigenvalue weighted by molar-refractivity contribution is -0.149. The number of aliphatic hydroxyl groups is 3. The minimum atomic E-state index is -1.84. The maximum absolute atomic E-state index is 13.5. The van der Waals surface area contributed by atoms with Crippen molar-refractivity contribution in [3.8, 4) is 0 Å². The van der Waals surface area contributed by atoms with Crippen LogP contribution in [0.25, 0.3) is 0 Å². The first kappa shape index (κ1) is 30.8. The van der Waals surface area contributed by atoms with Crippen molar-refractivity contribution in [1.82, 2.24) is 0 Å². The van der Waals surface area contributed by atoms with Gasteiger partial charge >= 0.3 is 0 Å². The van der Waals surface area contributed by atoms with Gasteiger partial charge in [0.25, 0.3) is 0 Å². The molecule has 0 aromatic carbocycles. The molecule has 1 aliphatic rings. The van der Waals surface area contributed by atoms with Gasteiger partial charge < -0.3 is 20.1 Å². The second-order valence-corrected chi connectivity index (χ2v) is 11.9. The van der Waals surface area contributed by atoms with Crippen molar-refractivity contribution in [2.24, 2.45) is 17.8 Å². The number of hydrogen-bond donors (Lipinski definition) is 3. The number of ketones is 3. The summed E-state index contributed by atoms with van der Waals surface area (Å²) in [6, 6.07) is 0. The Morgan fingerprint density at radius 1 is 1.03 bits per heavy atom. The number of alkyl halides is 2. The molecule has 192 valence electrons. The van der Waals surface area contributed by atoms with E-state index < -0.39 is 62.4 Å². The number of unbranched alkanes of at least 4 members (excludes halogenated alkanes) is 1. The van der Waals surface area contributed by atoms with Gasteiger partial charge in [-0.15, -0.1) is 0 Å². The first-order valence-corrected chi connectivity index (χ1v) is 13.6. The molecule has 9 heteroatoms. The molecule has 9 atom stereocenters. The van der Waals surface area contributed by atoms with Gasteiger partial charge in [0, 0.05) is 24.9 Å². The maximum Gasteiger partial charge on any atom is 0.180 e. The Morgan fingerprint density at radius 3 is 2.12 bits per heavy atom. The fourth-order valence-electron chi connectivity index (χ4n) is 4.44. The van der Waals surface area contributed by atoms with Crippen molar-refractivity contribution >= 4 is 49.2 Å². The Morgan fingerprint density at radius 2 is 1.61 bits per heavy atom. The van der Waals surface area contributed by atoms with Crippen molar-refractivity contribution < 1.29 is 34.4 Å². The number of carbonyl (C=O) groups is 3. The van der Waals surface area contributed by atoms with Crippen molar-refractivity contribution in [3.05, 3.63) is 0 Å². The summed E-state index contributed by atoms with van der Waals surface area (Å²) < 4.78 is 6.03. The quantitative estimate of drug-likeness (QED) is 0.327. The van der Waals surface area contributed by atoms with Crippen LogP contribution in [0.5, 0.6) is 0 Å². The Hall–Kier alpha value is -0.190. The van der Waals surface area contributed by atoms with E-state index in [1.54, 1.807) is 13.8 Å². The number of Topliss-reactive ketones (excluding diaryl/α,β-unsaturated/α-hetero) is 3. The minimum absolute atomic E-state index is 0.0332. The number of rotatable bonds is 5. The predicted molar refractivity (Wildman–Crippen MR) is 134 cm³/mol. The van der Waals surface area contributed by atoms with Crippen LogP contribution in [-0.2, 0) is 19.1 Å². The zero-order valence-electron chi connectivity index (χ0n) is 20.5. The highest BCUT2D eigenvalue weighted by atomic mass is 79.9. The Labute approximate surface area is 214 Å². The van der Waals surface area contributed by atoms with Crippen molar-refractivity contribution in [2.45, 2.75) is 107 Å². The average Bonchev–Trinajstić information content (AvgIpc) is 2.75. The van der Waals surface area contributed by atoms with E-state index >= 15 is 0 Å². The molecular weight excluding hydrogens is 560 g/mol. The van der Waals surface area contributed by atoms with E-state index in [0.29, 0.717) is 13.0 Å². The monoisotopic (exact) mass is 598 g/mol. The first-order valence-electron chi connectivity index (χ1n) is 11.8. The van der Waals surface area contributed by atoms with Crippen molar-refractivity contribution in [1.29, 1.82) is 0 Å². The summed E-state index contributed by atoms with van der Waals surface area (Å²) in [7, 11) is 0. The van der Waals surface area contributed by atoms with Crippen LogP contribution in [0.2, 0.25) is 0 Å². The summed E-state index contributed by atoms with van der Waals surface area (Å²) in [6.45, 7) is 10.2. The average molecular weight is 600 g/mol. The molecule has 1 saturated carbocycles. The molecule has 0 saturated heterocycles. The zero-order valence-corrected chi connectivity index (χ0v) is 23.7. The van der Waals surface area contributed by atoms with E-state index in [9.17, 15) is 29.7 Å². The largest absolute Gasteiger partial charge is 0.391 e. The number of ether oxygens (including phenoxy) is 1. The van der Waals surface area contributed by atoms with Crippen LogP contribution in [0.3, 0.4) is 0 Å². The van der Waals surface area contributed by atoms with Gasteiger partial charge in [-0.25, -0.2) is 0 Å². The van der Waals surface area contributed by atoms with Gasteiger partial charge in [-0.1, -0.05) is 66.0 Å². The number of hydrogen-bond acceptors (Lipinski definition) is 7. The van der Waals surface area contributed by atoms with E-state index in [2.05, 4.69) is 31.9 Å². The van der Waals surface area contributed by atoms with Gasteiger partial charge in [0.15, 0.2) is 11.6 Å². The summed E-state index contributed by atoms with van der Waals surface area (Å²) in [5.41, 5.74) is -3.65. The van der Waals surface area contributed by atoms with Crippen LogP contribution < -0.4 is 0 Å². The van der Waals surface area contributed by atoms with Crippen LogP contribution >= 0.6 is 31.9 Å². The predicted octanol–water partition coefficient (Wildman–Crippen LogP) is 3.36. The van der Waals surface area contributed by atoms with Gasteiger partial charge in [0.05, 0.1) is 12.2 Å². The van der Waals surface area contributed by atoms with Crippen molar-refractivity contribution in [3.63, 3.8) is 0 Å². The van der Waals surface area contributed by atoms with E-state index in [1.807, 2.05) is 6.92 Å². The molecule has 0 bridgehead atoms. The topological polar surface area (TPSA) is 121 Å². The molecule has 0 aliphatic heterocycles. The number of halogens is 2. The molecule has 0 aromatic rings. The Kier molecular flexibility index (Phi) is 11.8. The lowest BCUT2D eigenvalue weighted by Gasteiger charge is -2.39. The molecule has 33 heavy (non-hydrogen) atoms. The van der Waals surface area contributed by atoms with Crippen molar-refractivity contribution in [2.75, 3.05) is 6.61 Å². The second-order valence-electron chi connectivity index (χ2n) is 9.88. The van der Waals surface area contributed by atoms with E-state index in [1.165, 1.54) is 20.8 Å². The number of carbonyl (C=O) groups excluding carboxylic acids is 3. The highest BCUT2D eigenvalue weighted by Gasteiger charge is 2.49. The summed E-state index contributed by atoms with van der Waals surface area (Å²) in [4.78, 5) is 37.4. The third kappa shape index (κ3) is 7.40. The SMILES string of the molecule is CCCCO[C@H]1[C@H](C)C[C@@](C)(O)C(=O)[C@@H](Br)[C@@H](O)[C@@H](C)C(=O)C[C@H](CC)[C@@](C)(O)C(=O)[C@H]1Br. The van der Waals surface area contributed by atoms with Crippen LogP contribution in [0.1, 0.15) is 73.6 Å². The summed E-state index contributed by atoms with van der Waals surface area (Å²) in [5, 5.41) is 33.0. The van der Waals surface area contributed by atoms with Gasteiger partial charge in [-0.05, 0) is 39.0 Å². The second kappa shape index (κ2) is 12.7. The van der Waals surface area contributed by atoms with Crippen LogP contribution in [0.15, 0.2) is 0 Å². The molecule has 0 radical (unpaired) electrons. The van der Waals surface area contributed by atoms with E-state index in [-0.39, 0.29) is 18.6 Å². The molecule has 1 aliphatic carbocycles. The molecule has 0 aromatic heterocycles. The van der Waals surface area contributed by atoms with Crippen LogP contribution in [0, 0.1) is 17.8 Å². The molecule has 1 fully saturated rings. The molecule has 7 nitrogen and oxygen atoms in total. The van der Waals surface area contributed by atoms with Gasteiger partial charge in [0.1, 0.15) is 26.6 Å². The first-order chi connectivity index (χ1) is 15.1. The fourth-order valence-corrected chi connectivity index (χ4v) is 6.53. The van der Waals surface area contributed by atoms with Gasteiger partial charge in [-0.3, -0.25) is 14.4 Å². The number of aliphatic hydroxyl groups excluding tert-OH is 1. The highest BCUT2D eigenvalue weighted by molar-refractivity contribution is 9.10. The lowest BCUT2D eigenvalue weighted by Crippen LogP contribution is -2.54.